The number of benzene rings is 4. The smallest absolute Gasteiger partial charge is 0.163 e. The van der Waals surface area contributed by atoms with E-state index in [0.717, 1.165) is 39.8 Å². The number of aromatic hydroxyl groups is 4. The number of aromatic amines is 1. The maximum absolute atomic E-state index is 12.3. The fourth-order valence-corrected chi connectivity index (χ4v) is 6.16. The maximum atomic E-state index is 12.3. The minimum absolute atomic E-state index is 0.0298. The molecule has 0 saturated heterocycles. The molecule has 5 N–H and O–H groups in total. The van der Waals surface area contributed by atoms with Crippen LogP contribution in [0, 0.1) is 13.8 Å². The molecule has 0 aliphatic carbocycles. The molecule has 0 bridgehead atoms. The number of aryl methyl sites for hydroxylation is 2. The number of nitrogens with one attached hydrogen (secondary N) is 1. The van der Waals surface area contributed by atoms with Crippen LogP contribution in [0.2, 0.25) is 0 Å². The van der Waals surface area contributed by atoms with Crippen molar-refractivity contribution in [1.29, 1.82) is 0 Å². The summed E-state index contributed by atoms with van der Waals surface area (Å²) in [7, 11) is 0. The van der Waals surface area contributed by atoms with Crippen LogP contribution >= 0.6 is 0 Å². The van der Waals surface area contributed by atoms with E-state index in [1.165, 1.54) is 26.0 Å². The second-order valence-electron chi connectivity index (χ2n) is 11.6. The van der Waals surface area contributed by atoms with Gasteiger partial charge in [-0.15, -0.1) is 0 Å². The number of phenols is 4. The van der Waals surface area contributed by atoms with E-state index in [-0.39, 0.29) is 69.7 Å². The molecule has 8 nitrogen and oxygen atoms in total. The molecule has 0 unspecified atom stereocenters. The Labute approximate surface area is 254 Å². The topological polar surface area (TPSA) is 140 Å². The quantitative estimate of drug-likeness (QED) is 0.131. The first-order valence-electron chi connectivity index (χ1n) is 14.4. The largest absolute Gasteiger partial charge is 0.507 e. The van der Waals surface area contributed by atoms with Crippen LogP contribution < -0.4 is 4.74 Å². The normalized spacial score (nSPS) is 12.4. The molecular weight excluding hydrogens is 558 g/mol. The van der Waals surface area contributed by atoms with Crippen LogP contribution in [0.4, 0.5) is 0 Å². The van der Waals surface area contributed by atoms with Crippen molar-refractivity contribution in [3.63, 3.8) is 0 Å². The standard InChI is InChI=1S/C36H33NO7/c1-17-11-24(19(3)38)35(42)28(33(17)40)15-27-26-14-22(21-6-8-32-23(13-21)9-10-44-32)5-7-30(26)37-31(27)16-29-34(41)18(2)12-25(20(4)39)36(29)43/h5-8,11-14,37,40-43H,9-10,15-16H2,1-4H3. The zero-order valence-electron chi connectivity index (χ0n) is 25.0. The predicted molar refractivity (Wildman–Crippen MR) is 168 cm³/mol. The Balaban J connectivity index is 1.56. The Morgan fingerprint density at radius 1 is 0.727 bits per heavy atom. The molecule has 1 aliphatic rings. The Bertz CT molecular complexity index is 2020. The van der Waals surface area contributed by atoms with E-state index in [9.17, 15) is 30.0 Å². The van der Waals surface area contributed by atoms with Crippen molar-refractivity contribution in [2.45, 2.75) is 47.0 Å². The van der Waals surface area contributed by atoms with E-state index in [1.54, 1.807) is 13.8 Å². The average molecular weight is 592 g/mol. The third kappa shape index (κ3) is 4.82. The molecule has 0 atom stereocenters. The van der Waals surface area contributed by atoms with Crippen molar-refractivity contribution in [3.05, 3.63) is 98.7 Å². The highest BCUT2D eigenvalue weighted by atomic mass is 16.5. The molecular formula is C36H33NO7. The minimum atomic E-state index is -0.334. The number of hydrogen-bond donors (Lipinski definition) is 5. The molecule has 0 saturated carbocycles. The first kappa shape index (κ1) is 28.9. The third-order valence-electron chi connectivity index (χ3n) is 8.61. The lowest BCUT2D eigenvalue weighted by atomic mass is 9.91. The summed E-state index contributed by atoms with van der Waals surface area (Å²) in [5, 5.41) is 45.0. The van der Waals surface area contributed by atoms with Crippen molar-refractivity contribution in [2.24, 2.45) is 0 Å². The van der Waals surface area contributed by atoms with Gasteiger partial charge in [0.1, 0.15) is 28.7 Å². The number of H-pyrrole nitrogens is 1. The lowest BCUT2D eigenvalue weighted by molar-refractivity contribution is 0.100. The number of aromatic nitrogens is 1. The zero-order chi connectivity index (χ0) is 31.4. The predicted octanol–water partition coefficient (Wildman–Crippen LogP) is 6.80. The number of fused-ring (bicyclic) bond motifs is 2. The molecule has 44 heavy (non-hydrogen) atoms. The van der Waals surface area contributed by atoms with E-state index in [2.05, 4.69) is 11.1 Å². The fraction of sp³-hybridized carbons (Fsp3) is 0.222. The van der Waals surface area contributed by atoms with Gasteiger partial charge >= 0.3 is 0 Å². The fourth-order valence-electron chi connectivity index (χ4n) is 6.16. The second kappa shape index (κ2) is 10.8. The monoisotopic (exact) mass is 591 g/mol. The van der Waals surface area contributed by atoms with Gasteiger partial charge in [-0.25, -0.2) is 0 Å². The van der Waals surface area contributed by atoms with Crippen LogP contribution in [-0.4, -0.2) is 43.6 Å². The molecule has 6 rings (SSSR count). The van der Waals surface area contributed by atoms with E-state index >= 15 is 0 Å². The van der Waals surface area contributed by atoms with Gasteiger partial charge in [0.2, 0.25) is 0 Å². The van der Waals surface area contributed by atoms with Gasteiger partial charge in [0.15, 0.2) is 11.6 Å². The summed E-state index contributed by atoms with van der Waals surface area (Å²) in [5.41, 5.74) is 6.64. The number of Topliss-reactive ketones (excluding diaryl/α,β-unsaturated/α-hetero) is 2. The molecule has 4 aromatic carbocycles. The lowest BCUT2D eigenvalue weighted by Crippen LogP contribution is -2.03. The molecule has 1 aromatic heterocycles. The van der Waals surface area contributed by atoms with Crippen molar-refractivity contribution < 1.29 is 34.8 Å². The van der Waals surface area contributed by atoms with Gasteiger partial charge in [-0.05, 0) is 97.5 Å². The summed E-state index contributed by atoms with van der Waals surface area (Å²) in [6.45, 7) is 6.70. The molecule has 2 heterocycles. The number of phenolic OH excluding ortho intramolecular Hbond substituents is 4. The van der Waals surface area contributed by atoms with Gasteiger partial charge in [0.25, 0.3) is 0 Å². The van der Waals surface area contributed by atoms with Crippen molar-refractivity contribution >= 4 is 22.5 Å². The zero-order valence-corrected chi connectivity index (χ0v) is 25.0. The van der Waals surface area contributed by atoms with Gasteiger partial charge < -0.3 is 30.1 Å². The molecule has 8 heteroatoms. The van der Waals surface area contributed by atoms with Crippen LogP contribution in [0.3, 0.4) is 0 Å². The molecule has 0 radical (unpaired) electrons. The van der Waals surface area contributed by atoms with Crippen LogP contribution in [0.5, 0.6) is 28.7 Å². The number of carbonyl (C=O) groups is 2. The first-order chi connectivity index (χ1) is 20.9. The summed E-state index contributed by atoms with van der Waals surface area (Å²) in [6, 6.07) is 15.0. The highest BCUT2D eigenvalue weighted by Gasteiger charge is 2.25. The van der Waals surface area contributed by atoms with Gasteiger partial charge in [0, 0.05) is 47.0 Å². The summed E-state index contributed by atoms with van der Waals surface area (Å²) in [5.74, 6) is -0.628. The maximum Gasteiger partial charge on any atom is 0.163 e. The second-order valence-corrected chi connectivity index (χ2v) is 11.6. The van der Waals surface area contributed by atoms with Gasteiger partial charge in [-0.3, -0.25) is 9.59 Å². The molecule has 0 amide bonds. The van der Waals surface area contributed by atoms with Crippen LogP contribution in [0.25, 0.3) is 22.0 Å². The van der Waals surface area contributed by atoms with Crippen LogP contribution in [0.15, 0.2) is 48.5 Å². The van der Waals surface area contributed by atoms with Crippen molar-refractivity contribution in [2.75, 3.05) is 6.61 Å². The van der Waals surface area contributed by atoms with Crippen LogP contribution in [-0.2, 0) is 19.3 Å². The molecule has 5 aromatic rings. The SMILES string of the molecule is CC(=O)c1cc(C)c(O)c(Cc2[nH]c3ccc(-c4ccc5c(c4)CCO5)cc3c2Cc2c(O)c(C)cc(C(C)=O)c2O)c1O. The highest BCUT2D eigenvalue weighted by molar-refractivity contribution is 5.99. The molecule has 1 aliphatic heterocycles. The Morgan fingerprint density at radius 2 is 1.30 bits per heavy atom. The summed E-state index contributed by atoms with van der Waals surface area (Å²) in [6.07, 6.45) is 0.909. The van der Waals surface area contributed by atoms with Crippen molar-refractivity contribution in [1.82, 2.24) is 4.98 Å². The Kier molecular flexibility index (Phi) is 7.08. The highest BCUT2D eigenvalue weighted by Crippen LogP contribution is 2.42. The van der Waals surface area contributed by atoms with Gasteiger partial charge in [-0.1, -0.05) is 12.1 Å². The molecule has 0 fully saturated rings. The first-order valence-corrected chi connectivity index (χ1v) is 14.4. The molecule has 224 valence electrons. The average Bonchev–Trinajstić information content (AvgIpc) is 3.60. The van der Waals surface area contributed by atoms with Gasteiger partial charge in [-0.2, -0.15) is 0 Å². The third-order valence-corrected chi connectivity index (χ3v) is 8.61. The Morgan fingerprint density at radius 3 is 1.91 bits per heavy atom. The van der Waals surface area contributed by atoms with Crippen molar-refractivity contribution in [3.8, 4) is 39.9 Å². The number of ketones is 2. The summed E-state index contributed by atoms with van der Waals surface area (Å²) >= 11 is 0. The summed E-state index contributed by atoms with van der Waals surface area (Å²) < 4.78 is 5.68. The van der Waals surface area contributed by atoms with E-state index < -0.39 is 0 Å². The summed E-state index contributed by atoms with van der Waals surface area (Å²) in [4.78, 5) is 28.0. The van der Waals surface area contributed by atoms with Gasteiger partial charge in [0.05, 0.1) is 17.7 Å². The lowest BCUT2D eigenvalue weighted by Gasteiger charge is -2.16. The number of hydrogen-bond acceptors (Lipinski definition) is 7. The number of carbonyl (C=O) groups excluding carboxylic acids is 2. The number of rotatable bonds is 7. The van der Waals surface area contributed by atoms with E-state index in [4.69, 9.17) is 4.74 Å². The minimum Gasteiger partial charge on any atom is -0.507 e. The van der Waals surface area contributed by atoms with E-state index in [0.29, 0.717) is 29.0 Å². The van der Waals surface area contributed by atoms with E-state index in [1.807, 2.05) is 30.3 Å². The number of ether oxygens (including phenoxy) is 1. The van der Waals surface area contributed by atoms with Crippen LogP contribution in [0.1, 0.15) is 73.6 Å². The molecule has 0 spiro atoms. The Hall–Kier alpha value is -5.24.